The van der Waals surface area contributed by atoms with Crippen LogP contribution in [0.3, 0.4) is 0 Å². The Bertz CT molecular complexity index is 846. The molecule has 0 saturated carbocycles. The molecule has 5 nitrogen and oxygen atoms in total. The van der Waals surface area contributed by atoms with Crippen LogP contribution in [0.5, 0.6) is 0 Å². The molecule has 1 aromatic carbocycles. The van der Waals surface area contributed by atoms with Crippen molar-refractivity contribution >= 4 is 0 Å². The third kappa shape index (κ3) is 2.38. The van der Waals surface area contributed by atoms with E-state index in [0.29, 0.717) is 17.2 Å². The van der Waals surface area contributed by atoms with E-state index >= 15 is 0 Å². The van der Waals surface area contributed by atoms with Crippen molar-refractivity contribution in [1.29, 1.82) is 0 Å². The maximum atomic E-state index is 12.4. The van der Waals surface area contributed by atoms with E-state index in [-0.39, 0.29) is 5.56 Å². The van der Waals surface area contributed by atoms with Crippen LogP contribution < -0.4 is 5.56 Å². The average molecular weight is 280 g/mol. The summed E-state index contributed by atoms with van der Waals surface area (Å²) in [5.74, 6) is 0.447. The van der Waals surface area contributed by atoms with Crippen molar-refractivity contribution in [2.24, 2.45) is 0 Å². The highest BCUT2D eigenvalue weighted by atomic mass is 16.1. The van der Waals surface area contributed by atoms with Gasteiger partial charge in [-0.3, -0.25) is 9.78 Å². The lowest BCUT2D eigenvalue weighted by atomic mass is 10.1. The summed E-state index contributed by atoms with van der Waals surface area (Å²) in [7, 11) is 0. The average Bonchev–Trinajstić information content (AvgIpc) is 2.78. The van der Waals surface area contributed by atoms with Gasteiger partial charge in [0.2, 0.25) is 5.95 Å². The molecule has 0 aliphatic carbocycles. The van der Waals surface area contributed by atoms with Crippen molar-refractivity contribution in [1.82, 2.24) is 19.7 Å². The van der Waals surface area contributed by atoms with Gasteiger partial charge in [0, 0.05) is 5.69 Å². The van der Waals surface area contributed by atoms with Gasteiger partial charge in [-0.1, -0.05) is 30.3 Å². The van der Waals surface area contributed by atoms with E-state index in [2.05, 4.69) is 15.1 Å². The van der Waals surface area contributed by atoms with Crippen LogP contribution >= 0.6 is 0 Å². The van der Waals surface area contributed by atoms with Gasteiger partial charge < -0.3 is 0 Å². The summed E-state index contributed by atoms with van der Waals surface area (Å²) >= 11 is 0. The van der Waals surface area contributed by atoms with Crippen molar-refractivity contribution in [2.75, 3.05) is 0 Å². The number of hydrogen-bond donors (Lipinski definition) is 1. The van der Waals surface area contributed by atoms with Gasteiger partial charge in [0.05, 0.1) is 17.0 Å². The van der Waals surface area contributed by atoms with Gasteiger partial charge in [-0.05, 0) is 32.4 Å². The molecule has 0 spiro atoms. The predicted molar refractivity (Wildman–Crippen MR) is 81.6 cm³/mol. The van der Waals surface area contributed by atoms with Crippen LogP contribution in [0.2, 0.25) is 0 Å². The Morgan fingerprint density at radius 1 is 1.10 bits per heavy atom. The maximum absolute atomic E-state index is 12.4. The number of aromatic nitrogens is 4. The molecule has 0 bridgehead atoms. The molecule has 0 fully saturated rings. The first-order valence-electron chi connectivity index (χ1n) is 6.76. The Balaban J connectivity index is 2.17. The zero-order valence-corrected chi connectivity index (χ0v) is 12.2. The molecule has 0 amide bonds. The molecule has 3 rings (SSSR count). The molecular formula is C16H16N4O. The Labute approximate surface area is 122 Å². The lowest BCUT2D eigenvalue weighted by Crippen LogP contribution is -2.18. The summed E-state index contributed by atoms with van der Waals surface area (Å²) in [6, 6.07) is 11.5. The summed E-state index contributed by atoms with van der Waals surface area (Å²) in [5.41, 5.74) is 3.82. The molecule has 2 aromatic heterocycles. The molecule has 3 aromatic rings. The van der Waals surface area contributed by atoms with Crippen molar-refractivity contribution < 1.29 is 0 Å². The summed E-state index contributed by atoms with van der Waals surface area (Å²) in [4.78, 5) is 19.7. The zero-order valence-electron chi connectivity index (χ0n) is 12.2. The predicted octanol–water partition coefficient (Wildman–Crippen LogP) is 2.55. The van der Waals surface area contributed by atoms with Crippen LogP contribution in [0, 0.1) is 20.8 Å². The van der Waals surface area contributed by atoms with E-state index < -0.39 is 0 Å². The summed E-state index contributed by atoms with van der Waals surface area (Å²) in [6.07, 6.45) is 0. The van der Waals surface area contributed by atoms with E-state index in [9.17, 15) is 4.79 Å². The quantitative estimate of drug-likeness (QED) is 0.784. The van der Waals surface area contributed by atoms with Crippen LogP contribution in [0.25, 0.3) is 17.1 Å². The SMILES string of the molecule is Cc1cc(C)n(-c2nc(C)c(-c3ccccc3)c(=O)[nH]2)n1. The molecule has 1 N–H and O–H groups in total. The smallest absolute Gasteiger partial charge is 0.260 e. The van der Waals surface area contributed by atoms with Crippen molar-refractivity contribution in [3.05, 3.63) is 63.8 Å². The Hall–Kier alpha value is -2.69. The van der Waals surface area contributed by atoms with Gasteiger partial charge in [0.1, 0.15) is 0 Å². The molecule has 0 aliphatic rings. The van der Waals surface area contributed by atoms with E-state index in [4.69, 9.17) is 0 Å². The Morgan fingerprint density at radius 2 is 1.81 bits per heavy atom. The van der Waals surface area contributed by atoms with Gasteiger partial charge in [-0.25, -0.2) is 9.67 Å². The Morgan fingerprint density at radius 3 is 2.38 bits per heavy atom. The first kappa shape index (κ1) is 13.3. The van der Waals surface area contributed by atoms with Crippen LogP contribution in [-0.4, -0.2) is 19.7 Å². The third-order valence-corrected chi connectivity index (χ3v) is 3.36. The first-order chi connectivity index (χ1) is 10.1. The summed E-state index contributed by atoms with van der Waals surface area (Å²) in [5, 5.41) is 4.35. The molecule has 5 heteroatoms. The molecule has 21 heavy (non-hydrogen) atoms. The minimum absolute atomic E-state index is 0.156. The van der Waals surface area contributed by atoms with E-state index in [1.807, 2.05) is 57.2 Å². The standard InChI is InChI=1S/C16H16N4O/c1-10-9-11(2)20(19-10)16-17-12(3)14(15(21)18-16)13-7-5-4-6-8-13/h4-9H,1-3H3,(H,17,18,21). The molecule has 2 heterocycles. The molecule has 0 saturated heterocycles. The highest BCUT2D eigenvalue weighted by Gasteiger charge is 2.12. The highest BCUT2D eigenvalue weighted by molar-refractivity contribution is 5.64. The fourth-order valence-corrected chi connectivity index (χ4v) is 2.46. The van der Waals surface area contributed by atoms with Gasteiger partial charge in [-0.2, -0.15) is 5.10 Å². The second kappa shape index (κ2) is 5.01. The van der Waals surface area contributed by atoms with E-state index in [1.165, 1.54) is 0 Å². The molecule has 0 unspecified atom stereocenters. The number of nitrogens with zero attached hydrogens (tertiary/aromatic N) is 3. The van der Waals surface area contributed by atoms with Crippen LogP contribution in [0.4, 0.5) is 0 Å². The van der Waals surface area contributed by atoms with E-state index in [1.54, 1.807) is 4.68 Å². The zero-order chi connectivity index (χ0) is 15.0. The fourth-order valence-electron chi connectivity index (χ4n) is 2.46. The molecular weight excluding hydrogens is 264 g/mol. The number of nitrogens with one attached hydrogen (secondary N) is 1. The normalized spacial score (nSPS) is 10.8. The molecule has 0 atom stereocenters. The molecule has 106 valence electrons. The second-order valence-corrected chi connectivity index (χ2v) is 5.05. The van der Waals surface area contributed by atoms with Crippen molar-refractivity contribution in [3.8, 4) is 17.1 Å². The minimum Gasteiger partial charge on any atom is -0.290 e. The van der Waals surface area contributed by atoms with Crippen molar-refractivity contribution in [3.63, 3.8) is 0 Å². The van der Waals surface area contributed by atoms with Gasteiger partial charge in [-0.15, -0.1) is 0 Å². The monoisotopic (exact) mass is 280 g/mol. The molecule has 0 radical (unpaired) electrons. The van der Waals surface area contributed by atoms with Crippen LogP contribution in [0.15, 0.2) is 41.2 Å². The summed E-state index contributed by atoms with van der Waals surface area (Å²) < 4.78 is 1.65. The lowest BCUT2D eigenvalue weighted by molar-refractivity contribution is 0.764. The number of aromatic amines is 1. The lowest BCUT2D eigenvalue weighted by Gasteiger charge is -2.08. The summed E-state index contributed by atoms with van der Waals surface area (Å²) in [6.45, 7) is 5.68. The first-order valence-corrected chi connectivity index (χ1v) is 6.76. The number of rotatable bonds is 2. The minimum atomic E-state index is -0.156. The second-order valence-electron chi connectivity index (χ2n) is 5.05. The maximum Gasteiger partial charge on any atom is 0.260 e. The number of benzene rings is 1. The highest BCUT2D eigenvalue weighted by Crippen LogP contribution is 2.18. The molecule has 0 aliphatic heterocycles. The van der Waals surface area contributed by atoms with Gasteiger partial charge in [0.25, 0.3) is 5.56 Å². The fraction of sp³-hybridized carbons (Fsp3) is 0.188. The Kier molecular flexibility index (Phi) is 3.17. The van der Waals surface area contributed by atoms with Gasteiger partial charge >= 0.3 is 0 Å². The number of H-pyrrole nitrogens is 1. The number of hydrogen-bond acceptors (Lipinski definition) is 3. The topological polar surface area (TPSA) is 63.6 Å². The number of aryl methyl sites for hydroxylation is 3. The van der Waals surface area contributed by atoms with Crippen LogP contribution in [0.1, 0.15) is 17.1 Å². The largest absolute Gasteiger partial charge is 0.290 e. The third-order valence-electron chi connectivity index (χ3n) is 3.36. The van der Waals surface area contributed by atoms with Gasteiger partial charge in [0.15, 0.2) is 0 Å². The van der Waals surface area contributed by atoms with E-state index in [0.717, 1.165) is 17.0 Å². The van der Waals surface area contributed by atoms with Crippen LogP contribution in [-0.2, 0) is 0 Å². The van der Waals surface area contributed by atoms with Crippen molar-refractivity contribution in [2.45, 2.75) is 20.8 Å².